The minimum Gasteiger partial charge on any atom is -0.379 e. The van der Waals surface area contributed by atoms with Crippen molar-refractivity contribution in [3.63, 3.8) is 0 Å². The normalized spacial score (nSPS) is 15.3. The summed E-state index contributed by atoms with van der Waals surface area (Å²) in [5.74, 6) is 0. The Morgan fingerprint density at radius 2 is 2.00 bits per heavy atom. The van der Waals surface area contributed by atoms with Gasteiger partial charge < -0.3 is 15.0 Å². The van der Waals surface area contributed by atoms with E-state index in [0.29, 0.717) is 12.1 Å². The van der Waals surface area contributed by atoms with E-state index in [0.717, 1.165) is 38.2 Å². The molecule has 1 fully saturated rings. The maximum atomic E-state index is 11.8. The Morgan fingerprint density at radius 1 is 1.27 bits per heavy atom. The molecule has 0 atom stereocenters. The predicted molar refractivity (Wildman–Crippen MR) is 85.3 cm³/mol. The van der Waals surface area contributed by atoms with Crippen molar-refractivity contribution >= 4 is 21.1 Å². The molecule has 1 aliphatic rings. The number of nitrogens with one attached hydrogen (secondary N) is 3. The third-order valence-corrected chi connectivity index (χ3v) is 4.30. The smallest absolute Gasteiger partial charge is 0.274 e. The summed E-state index contributed by atoms with van der Waals surface area (Å²) in [6, 6.07) is 7.21. The predicted octanol–water partition coefficient (Wildman–Crippen LogP) is 0.857. The molecule has 0 saturated carbocycles. The van der Waals surface area contributed by atoms with E-state index in [2.05, 4.69) is 20.0 Å². The Labute approximate surface area is 130 Å². The van der Waals surface area contributed by atoms with Crippen molar-refractivity contribution in [1.82, 2.24) is 20.0 Å². The fourth-order valence-corrected chi connectivity index (χ4v) is 2.95. The molecule has 1 aliphatic heterocycles. The highest BCUT2D eigenvalue weighted by Gasteiger charge is 2.17. The number of aromatic amines is 1. The molecule has 7 nitrogen and oxygen atoms in total. The Hall–Kier alpha value is -1.48. The quantitative estimate of drug-likeness (QED) is 0.774. The monoisotopic (exact) mass is 326 g/mol. The van der Waals surface area contributed by atoms with Gasteiger partial charge in [0, 0.05) is 19.6 Å². The summed E-state index contributed by atoms with van der Waals surface area (Å²) in [4.78, 5) is 6.81. The number of imidazole rings is 1. The van der Waals surface area contributed by atoms with Gasteiger partial charge in [0.25, 0.3) is 10.0 Å². The molecule has 3 rings (SSSR count). The van der Waals surface area contributed by atoms with Gasteiger partial charge >= 0.3 is 0 Å². The van der Waals surface area contributed by atoms with E-state index in [1.54, 1.807) is 12.1 Å². The first-order chi connectivity index (χ1) is 10.6. The van der Waals surface area contributed by atoms with Crippen LogP contribution in [0.15, 0.2) is 29.4 Å². The zero-order valence-electron chi connectivity index (χ0n) is 12.6. The zero-order chi connectivity index (χ0) is 15.8. The van der Waals surface area contributed by atoms with Crippen molar-refractivity contribution in [2.45, 2.75) is 18.5 Å². The SMILES string of the molecule is C1COCCN1.CCCNS(=O)(=O)c1nc2ccccc2[nH]1. The fourth-order valence-electron chi connectivity index (χ4n) is 1.88. The van der Waals surface area contributed by atoms with Gasteiger partial charge in [0.15, 0.2) is 0 Å². The molecule has 0 spiro atoms. The molecule has 2 aromatic rings. The van der Waals surface area contributed by atoms with E-state index in [9.17, 15) is 8.42 Å². The van der Waals surface area contributed by atoms with Crippen molar-refractivity contribution in [1.29, 1.82) is 0 Å². The Morgan fingerprint density at radius 3 is 2.55 bits per heavy atom. The molecule has 1 aromatic heterocycles. The van der Waals surface area contributed by atoms with Gasteiger partial charge in [-0.1, -0.05) is 19.1 Å². The Kier molecular flexibility index (Phi) is 6.32. The summed E-state index contributed by atoms with van der Waals surface area (Å²) >= 11 is 0. The molecule has 22 heavy (non-hydrogen) atoms. The second-order valence-electron chi connectivity index (χ2n) is 4.82. The molecule has 8 heteroatoms. The number of ether oxygens (including phenoxy) is 1. The van der Waals surface area contributed by atoms with Crippen LogP contribution in [-0.2, 0) is 14.8 Å². The summed E-state index contributed by atoms with van der Waals surface area (Å²) in [5, 5.41) is 3.13. The lowest BCUT2D eigenvalue weighted by molar-refractivity contribution is 0.109. The molecule has 1 saturated heterocycles. The summed E-state index contributed by atoms with van der Waals surface area (Å²) in [7, 11) is -3.50. The Bertz CT molecular complexity index is 636. The molecular weight excluding hydrogens is 304 g/mol. The van der Waals surface area contributed by atoms with Crippen molar-refractivity contribution < 1.29 is 13.2 Å². The summed E-state index contributed by atoms with van der Waals surface area (Å²) < 4.78 is 31.0. The van der Waals surface area contributed by atoms with Crippen LogP contribution in [0.3, 0.4) is 0 Å². The highest BCUT2D eigenvalue weighted by Crippen LogP contribution is 2.13. The lowest BCUT2D eigenvalue weighted by Crippen LogP contribution is -2.30. The van der Waals surface area contributed by atoms with Crippen LogP contribution in [0.2, 0.25) is 0 Å². The van der Waals surface area contributed by atoms with Gasteiger partial charge in [0.2, 0.25) is 5.16 Å². The third-order valence-electron chi connectivity index (χ3n) is 3.01. The highest BCUT2D eigenvalue weighted by atomic mass is 32.2. The third kappa shape index (κ3) is 4.77. The number of morpholine rings is 1. The van der Waals surface area contributed by atoms with Crippen LogP contribution in [0.1, 0.15) is 13.3 Å². The number of benzene rings is 1. The number of para-hydroxylation sites is 2. The first-order valence-electron chi connectivity index (χ1n) is 7.36. The Balaban J connectivity index is 0.000000246. The second kappa shape index (κ2) is 8.23. The first kappa shape index (κ1) is 16.9. The average molecular weight is 326 g/mol. The standard InChI is InChI=1S/C10H13N3O2S.C4H9NO/c1-2-7-11-16(14,15)10-12-8-5-3-4-6-9(8)13-10;1-3-6-4-2-5-1/h3-6,11H,2,7H2,1H3,(H,12,13);5H,1-4H2. The summed E-state index contributed by atoms with van der Waals surface area (Å²) in [5.41, 5.74) is 1.37. The minimum atomic E-state index is -3.50. The van der Waals surface area contributed by atoms with Crippen LogP contribution in [0.4, 0.5) is 0 Å². The lowest BCUT2D eigenvalue weighted by Gasteiger charge is -2.10. The van der Waals surface area contributed by atoms with Crippen LogP contribution in [-0.4, -0.2) is 51.2 Å². The van der Waals surface area contributed by atoms with Crippen molar-refractivity contribution in [3.05, 3.63) is 24.3 Å². The fraction of sp³-hybridized carbons (Fsp3) is 0.500. The van der Waals surface area contributed by atoms with Crippen LogP contribution in [0.25, 0.3) is 11.0 Å². The number of aromatic nitrogens is 2. The van der Waals surface area contributed by atoms with Crippen molar-refractivity contribution in [2.75, 3.05) is 32.8 Å². The molecule has 2 heterocycles. The van der Waals surface area contributed by atoms with Crippen molar-refractivity contribution in [2.24, 2.45) is 0 Å². The number of sulfonamides is 1. The van der Waals surface area contributed by atoms with Gasteiger partial charge in [-0.2, -0.15) is 0 Å². The molecule has 0 amide bonds. The minimum absolute atomic E-state index is 0.0258. The highest BCUT2D eigenvalue weighted by molar-refractivity contribution is 7.89. The summed E-state index contributed by atoms with van der Waals surface area (Å²) in [6.45, 7) is 6.15. The van der Waals surface area contributed by atoms with Gasteiger partial charge in [-0.05, 0) is 18.6 Å². The molecule has 122 valence electrons. The van der Waals surface area contributed by atoms with E-state index < -0.39 is 10.0 Å². The molecule has 1 aromatic carbocycles. The topological polar surface area (TPSA) is 96.1 Å². The summed E-state index contributed by atoms with van der Waals surface area (Å²) in [6.07, 6.45) is 0.749. The molecule has 3 N–H and O–H groups in total. The van der Waals surface area contributed by atoms with E-state index >= 15 is 0 Å². The largest absolute Gasteiger partial charge is 0.379 e. The van der Waals surface area contributed by atoms with E-state index in [-0.39, 0.29) is 5.16 Å². The number of nitrogens with zero attached hydrogens (tertiary/aromatic N) is 1. The number of hydrogen-bond acceptors (Lipinski definition) is 5. The van der Waals surface area contributed by atoms with Gasteiger partial charge in [-0.25, -0.2) is 18.1 Å². The molecule has 0 unspecified atom stereocenters. The number of hydrogen-bond donors (Lipinski definition) is 3. The average Bonchev–Trinajstić information content (AvgIpc) is 3.00. The maximum absolute atomic E-state index is 11.8. The number of rotatable bonds is 4. The van der Waals surface area contributed by atoms with Gasteiger partial charge in [-0.15, -0.1) is 0 Å². The zero-order valence-corrected chi connectivity index (χ0v) is 13.4. The van der Waals surface area contributed by atoms with Crippen LogP contribution >= 0.6 is 0 Å². The van der Waals surface area contributed by atoms with Crippen LogP contribution < -0.4 is 10.0 Å². The van der Waals surface area contributed by atoms with Crippen LogP contribution in [0.5, 0.6) is 0 Å². The first-order valence-corrected chi connectivity index (χ1v) is 8.84. The molecular formula is C14H22N4O3S. The second-order valence-corrected chi connectivity index (χ2v) is 6.50. The van der Waals surface area contributed by atoms with E-state index in [4.69, 9.17) is 4.74 Å². The van der Waals surface area contributed by atoms with E-state index in [1.807, 2.05) is 19.1 Å². The molecule has 0 bridgehead atoms. The van der Waals surface area contributed by atoms with Crippen LogP contribution in [0, 0.1) is 0 Å². The maximum Gasteiger partial charge on any atom is 0.274 e. The van der Waals surface area contributed by atoms with Gasteiger partial charge in [0.1, 0.15) is 0 Å². The van der Waals surface area contributed by atoms with E-state index in [1.165, 1.54) is 0 Å². The van der Waals surface area contributed by atoms with Crippen molar-refractivity contribution in [3.8, 4) is 0 Å². The van der Waals surface area contributed by atoms with Gasteiger partial charge in [0.05, 0.1) is 24.2 Å². The van der Waals surface area contributed by atoms with Gasteiger partial charge in [-0.3, -0.25) is 0 Å². The lowest BCUT2D eigenvalue weighted by atomic mass is 10.3. The molecule has 0 aliphatic carbocycles. The number of H-pyrrole nitrogens is 1. The number of fused-ring (bicyclic) bond motifs is 1. The molecule has 0 radical (unpaired) electrons.